The Bertz CT molecular complexity index is 559. The predicted octanol–water partition coefficient (Wildman–Crippen LogP) is 9.10. The van der Waals surface area contributed by atoms with Crippen molar-refractivity contribution >= 4 is 0 Å². The van der Waals surface area contributed by atoms with E-state index < -0.39 is 6.08 Å². The number of halogens is 2. The normalized spacial score (nSPS) is 36.9. The van der Waals surface area contributed by atoms with Crippen LogP contribution in [0.25, 0.3) is 0 Å². The van der Waals surface area contributed by atoms with E-state index in [2.05, 4.69) is 32.1 Å². The summed E-state index contributed by atoms with van der Waals surface area (Å²) in [6, 6.07) is 0. The maximum atomic E-state index is 12.3. The second kappa shape index (κ2) is 11.5. The Morgan fingerprint density at radius 2 is 1.24 bits per heavy atom. The van der Waals surface area contributed by atoms with E-state index in [1.54, 1.807) is 5.57 Å². The third-order valence-corrected chi connectivity index (χ3v) is 8.13. The summed E-state index contributed by atoms with van der Waals surface area (Å²) < 4.78 is 24.6. The summed E-state index contributed by atoms with van der Waals surface area (Å²) in [4.78, 5) is 0. The standard InChI is InChI=1S/C27H42F2/c1-20-3-5-22(6-4-20)7-8-23-9-11-25(12-10-23)19-21(2)26-16-13-24(14-17-26)15-18-27(28)29/h7-8,18-20,22-26H,3-6,9-17H2,1-2H3. The molecule has 0 aromatic carbocycles. The van der Waals surface area contributed by atoms with Crippen molar-refractivity contribution in [3.63, 3.8) is 0 Å². The minimum Gasteiger partial charge on any atom is -0.174 e. The van der Waals surface area contributed by atoms with Crippen LogP contribution in [0.4, 0.5) is 8.78 Å². The average Bonchev–Trinajstić information content (AvgIpc) is 2.73. The molecule has 164 valence electrons. The molecule has 3 aliphatic rings. The van der Waals surface area contributed by atoms with E-state index in [0.29, 0.717) is 18.3 Å². The predicted molar refractivity (Wildman–Crippen MR) is 120 cm³/mol. The second-order valence-electron chi connectivity index (χ2n) is 10.4. The second-order valence-corrected chi connectivity index (χ2v) is 10.4. The van der Waals surface area contributed by atoms with Crippen molar-refractivity contribution in [1.29, 1.82) is 0 Å². The molecule has 0 saturated heterocycles. The summed E-state index contributed by atoms with van der Waals surface area (Å²) in [7, 11) is 0. The van der Waals surface area contributed by atoms with E-state index in [4.69, 9.17) is 0 Å². The molecule has 0 atom stereocenters. The molecule has 0 unspecified atom stereocenters. The fraction of sp³-hybridized carbons (Fsp3) is 0.778. The van der Waals surface area contributed by atoms with E-state index >= 15 is 0 Å². The first-order chi connectivity index (χ1) is 14.0. The topological polar surface area (TPSA) is 0 Å². The Balaban J connectivity index is 1.37. The van der Waals surface area contributed by atoms with Gasteiger partial charge in [0.2, 0.25) is 0 Å². The number of allylic oxidation sites excluding steroid dienone is 5. The Morgan fingerprint density at radius 3 is 1.79 bits per heavy atom. The summed E-state index contributed by atoms with van der Waals surface area (Å²) >= 11 is 0. The highest BCUT2D eigenvalue weighted by molar-refractivity contribution is 5.08. The van der Waals surface area contributed by atoms with E-state index in [-0.39, 0.29) is 0 Å². The summed E-state index contributed by atoms with van der Waals surface area (Å²) in [5, 5.41) is 0. The van der Waals surface area contributed by atoms with Crippen molar-refractivity contribution in [2.75, 3.05) is 0 Å². The molecule has 0 bridgehead atoms. The highest BCUT2D eigenvalue weighted by Crippen LogP contribution is 2.38. The zero-order valence-corrected chi connectivity index (χ0v) is 18.7. The quantitative estimate of drug-likeness (QED) is 0.387. The average molecular weight is 405 g/mol. The highest BCUT2D eigenvalue weighted by Gasteiger charge is 2.24. The van der Waals surface area contributed by atoms with Gasteiger partial charge in [0.1, 0.15) is 0 Å². The number of rotatable bonds is 6. The number of hydrogen-bond acceptors (Lipinski definition) is 0. The van der Waals surface area contributed by atoms with Crippen LogP contribution < -0.4 is 0 Å². The molecule has 0 radical (unpaired) electrons. The van der Waals surface area contributed by atoms with Crippen LogP contribution in [0.3, 0.4) is 0 Å². The third-order valence-electron chi connectivity index (χ3n) is 8.13. The summed E-state index contributed by atoms with van der Waals surface area (Å²) in [5.41, 5.74) is 1.57. The van der Waals surface area contributed by atoms with E-state index in [1.165, 1.54) is 64.2 Å². The van der Waals surface area contributed by atoms with Gasteiger partial charge in [0.25, 0.3) is 6.08 Å². The highest BCUT2D eigenvalue weighted by atomic mass is 19.3. The van der Waals surface area contributed by atoms with Crippen molar-refractivity contribution in [3.05, 3.63) is 36.0 Å². The lowest BCUT2D eigenvalue weighted by Gasteiger charge is -2.30. The van der Waals surface area contributed by atoms with Crippen molar-refractivity contribution in [2.45, 2.75) is 97.3 Å². The van der Waals surface area contributed by atoms with Crippen molar-refractivity contribution in [1.82, 2.24) is 0 Å². The van der Waals surface area contributed by atoms with E-state index in [1.807, 2.05) is 0 Å². The van der Waals surface area contributed by atoms with Crippen LogP contribution in [-0.2, 0) is 0 Å². The molecule has 0 N–H and O–H groups in total. The van der Waals surface area contributed by atoms with Crippen LogP contribution in [0.15, 0.2) is 36.0 Å². The summed E-state index contributed by atoms with van der Waals surface area (Å²) in [5.74, 6) is 4.51. The van der Waals surface area contributed by atoms with Crippen LogP contribution in [0.2, 0.25) is 0 Å². The molecule has 29 heavy (non-hydrogen) atoms. The van der Waals surface area contributed by atoms with Gasteiger partial charge in [0.15, 0.2) is 0 Å². The molecular formula is C27H42F2. The van der Waals surface area contributed by atoms with Crippen LogP contribution in [0, 0.1) is 35.5 Å². The SMILES string of the molecule is CC(=CC1CCC(C=CC2CCC(C)CC2)CC1)C1CCC(CC=C(F)F)CC1. The first-order valence-corrected chi connectivity index (χ1v) is 12.4. The van der Waals surface area contributed by atoms with Gasteiger partial charge in [-0.05, 0) is 119 Å². The molecular weight excluding hydrogens is 362 g/mol. The van der Waals surface area contributed by atoms with Gasteiger partial charge in [-0.1, -0.05) is 43.6 Å². The van der Waals surface area contributed by atoms with Gasteiger partial charge in [0, 0.05) is 0 Å². The molecule has 3 rings (SSSR count). The van der Waals surface area contributed by atoms with Gasteiger partial charge in [0.05, 0.1) is 0 Å². The van der Waals surface area contributed by atoms with Crippen molar-refractivity contribution in [3.8, 4) is 0 Å². The number of hydrogen-bond donors (Lipinski definition) is 0. The Hall–Kier alpha value is -0.920. The molecule has 0 aromatic rings. The van der Waals surface area contributed by atoms with Crippen LogP contribution in [-0.4, -0.2) is 0 Å². The Kier molecular flexibility index (Phi) is 9.00. The van der Waals surface area contributed by atoms with E-state index in [9.17, 15) is 8.78 Å². The molecule has 0 aromatic heterocycles. The van der Waals surface area contributed by atoms with Crippen LogP contribution in [0.1, 0.15) is 97.3 Å². The Labute approximate surface area is 177 Å². The van der Waals surface area contributed by atoms with Gasteiger partial charge < -0.3 is 0 Å². The lowest BCUT2D eigenvalue weighted by molar-refractivity contribution is 0.295. The van der Waals surface area contributed by atoms with Gasteiger partial charge in [-0.15, -0.1) is 0 Å². The lowest BCUT2D eigenvalue weighted by atomic mass is 9.75. The van der Waals surface area contributed by atoms with E-state index in [0.717, 1.165) is 42.6 Å². The molecule has 3 aliphatic carbocycles. The van der Waals surface area contributed by atoms with Crippen molar-refractivity contribution < 1.29 is 8.78 Å². The summed E-state index contributed by atoms with van der Waals surface area (Å²) in [6.07, 6.45) is 23.5. The molecule has 0 nitrogen and oxygen atoms in total. The van der Waals surface area contributed by atoms with Gasteiger partial charge in [-0.3, -0.25) is 0 Å². The maximum absolute atomic E-state index is 12.3. The minimum absolute atomic E-state index is 0.468. The molecule has 0 heterocycles. The monoisotopic (exact) mass is 404 g/mol. The van der Waals surface area contributed by atoms with Crippen LogP contribution >= 0.6 is 0 Å². The lowest BCUT2D eigenvalue weighted by Crippen LogP contribution is -2.17. The molecule has 0 aliphatic heterocycles. The molecule has 3 fully saturated rings. The molecule has 0 amide bonds. The smallest absolute Gasteiger partial charge is 0.174 e. The zero-order valence-electron chi connectivity index (χ0n) is 18.7. The fourth-order valence-electron chi connectivity index (χ4n) is 5.91. The third kappa shape index (κ3) is 7.68. The fourth-order valence-corrected chi connectivity index (χ4v) is 5.91. The van der Waals surface area contributed by atoms with Gasteiger partial charge in [-0.2, -0.15) is 8.78 Å². The van der Waals surface area contributed by atoms with Crippen molar-refractivity contribution in [2.24, 2.45) is 35.5 Å². The summed E-state index contributed by atoms with van der Waals surface area (Å²) in [6.45, 7) is 4.72. The molecule has 0 spiro atoms. The largest absolute Gasteiger partial charge is 0.266 e. The molecule has 3 saturated carbocycles. The maximum Gasteiger partial charge on any atom is 0.266 e. The van der Waals surface area contributed by atoms with Gasteiger partial charge in [-0.25, -0.2) is 0 Å². The van der Waals surface area contributed by atoms with Crippen LogP contribution in [0.5, 0.6) is 0 Å². The Morgan fingerprint density at radius 1 is 0.724 bits per heavy atom. The first-order valence-electron chi connectivity index (χ1n) is 12.4. The molecule has 2 heteroatoms. The first kappa shape index (κ1) is 22.8. The zero-order chi connectivity index (χ0) is 20.6. The van der Waals surface area contributed by atoms with Gasteiger partial charge >= 0.3 is 0 Å². The minimum atomic E-state index is -1.51.